The molecule has 38 heavy (non-hydrogen) atoms. The number of carbonyl (C=O) groups is 3. The van der Waals surface area contributed by atoms with Crippen molar-refractivity contribution < 1.29 is 19.5 Å². The molecule has 1 N–H and O–H groups in total. The number of hydrogen-bond donors (Lipinski definition) is 1. The highest BCUT2D eigenvalue weighted by Gasteiger charge is 2.77. The van der Waals surface area contributed by atoms with Crippen LogP contribution in [0.4, 0.5) is 0 Å². The molecule has 0 radical (unpaired) electrons. The molecule has 3 saturated heterocycles. The molecule has 4 rings (SSSR count). The number of aliphatic hydroxyl groups excluding tert-OH is 1. The standard InChI is InChI=1S/C30H41N3O4S/c1-5-16-31(17-6-2)26(35)23-24-27(36)33(19-11-20-34)25(30(24)15-14-29(23,4)38-30)28(37)32(18-7-3)21-22-12-9-8-10-13-22/h5,7-10,12-13,23-25,34H,1,3,6,11,14-21H2,2,4H3/t23-,24+,25?,29+,30?/m1/s1. The zero-order chi connectivity index (χ0) is 27.5. The van der Waals surface area contributed by atoms with Crippen molar-refractivity contribution in [3.05, 3.63) is 61.2 Å². The molecule has 3 aliphatic rings. The van der Waals surface area contributed by atoms with Crippen molar-refractivity contribution in [2.75, 3.05) is 32.8 Å². The van der Waals surface area contributed by atoms with Gasteiger partial charge in [-0.1, -0.05) is 49.4 Å². The predicted molar refractivity (Wildman–Crippen MR) is 151 cm³/mol. The number of nitrogens with zero attached hydrogens (tertiary/aromatic N) is 3. The molecular weight excluding hydrogens is 498 g/mol. The van der Waals surface area contributed by atoms with E-state index in [2.05, 4.69) is 20.1 Å². The smallest absolute Gasteiger partial charge is 0.247 e. The summed E-state index contributed by atoms with van der Waals surface area (Å²) in [6.07, 6.45) is 6.15. The summed E-state index contributed by atoms with van der Waals surface area (Å²) >= 11 is 1.69. The predicted octanol–water partition coefficient (Wildman–Crippen LogP) is 3.49. The van der Waals surface area contributed by atoms with E-state index in [9.17, 15) is 19.5 Å². The Kier molecular flexibility index (Phi) is 8.72. The first-order valence-corrected chi connectivity index (χ1v) is 14.5. The molecule has 0 saturated carbocycles. The van der Waals surface area contributed by atoms with Crippen LogP contribution >= 0.6 is 11.8 Å². The van der Waals surface area contributed by atoms with Crippen LogP contribution in [0.25, 0.3) is 0 Å². The van der Waals surface area contributed by atoms with E-state index in [4.69, 9.17) is 0 Å². The third-order valence-corrected chi connectivity index (χ3v) is 10.4. The minimum Gasteiger partial charge on any atom is -0.396 e. The van der Waals surface area contributed by atoms with Gasteiger partial charge in [0.25, 0.3) is 0 Å². The molecule has 0 aromatic heterocycles. The van der Waals surface area contributed by atoms with Crippen LogP contribution in [0.3, 0.4) is 0 Å². The van der Waals surface area contributed by atoms with Crippen LogP contribution < -0.4 is 0 Å². The van der Waals surface area contributed by atoms with E-state index < -0.39 is 27.4 Å². The number of carbonyl (C=O) groups excluding carboxylic acids is 3. The summed E-state index contributed by atoms with van der Waals surface area (Å²) < 4.78 is -1.07. The molecule has 3 fully saturated rings. The summed E-state index contributed by atoms with van der Waals surface area (Å²) in [5.74, 6) is -1.29. The number of amides is 3. The molecule has 3 heterocycles. The lowest BCUT2D eigenvalue weighted by molar-refractivity contribution is -0.145. The first-order chi connectivity index (χ1) is 18.3. The van der Waals surface area contributed by atoms with Crippen LogP contribution in [0.1, 0.15) is 45.1 Å². The molecule has 2 unspecified atom stereocenters. The second kappa shape index (κ2) is 11.7. The molecule has 206 valence electrons. The van der Waals surface area contributed by atoms with E-state index >= 15 is 0 Å². The van der Waals surface area contributed by atoms with Crippen LogP contribution in [0.15, 0.2) is 55.6 Å². The highest BCUT2D eigenvalue weighted by atomic mass is 32.2. The molecule has 1 spiro atoms. The van der Waals surface area contributed by atoms with Gasteiger partial charge in [-0.05, 0) is 38.2 Å². The molecule has 3 aliphatic heterocycles. The van der Waals surface area contributed by atoms with Gasteiger partial charge in [0.05, 0.1) is 16.6 Å². The van der Waals surface area contributed by atoms with E-state index in [1.807, 2.05) is 42.2 Å². The zero-order valence-corrected chi connectivity index (χ0v) is 23.5. The number of thioether (sulfide) groups is 1. The van der Waals surface area contributed by atoms with E-state index in [1.54, 1.807) is 33.7 Å². The largest absolute Gasteiger partial charge is 0.396 e. The number of aliphatic hydroxyl groups is 1. The van der Waals surface area contributed by atoms with Crippen LogP contribution in [-0.4, -0.2) is 85.8 Å². The van der Waals surface area contributed by atoms with Crippen molar-refractivity contribution in [2.45, 2.75) is 61.6 Å². The van der Waals surface area contributed by atoms with Crippen LogP contribution in [0.2, 0.25) is 0 Å². The van der Waals surface area contributed by atoms with Crippen molar-refractivity contribution in [3.63, 3.8) is 0 Å². The Labute approximate surface area is 230 Å². The molecule has 3 amide bonds. The van der Waals surface area contributed by atoms with Crippen LogP contribution in [-0.2, 0) is 20.9 Å². The Hall–Kier alpha value is -2.58. The molecule has 8 heteroatoms. The second-order valence-electron chi connectivity index (χ2n) is 10.9. The quantitative estimate of drug-likeness (QED) is 0.388. The maximum Gasteiger partial charge on any atom is 0.247 e. The molecule has 5 atom stereocenters. The third-order valence-electron chi connectivity index (χ3n) is 8.37. The van der Waals surface area contributed by atoms with Gasteiger partial charge in [0.1, 0.15) is 6.04 Å². The average molecular weight is 540 g/mol. The Morgan fingerprint density at radius 1 is 1.13 bits per heavy atom. The highest BCUT2D eigenvalue weighted by molar-refractivity contribution is 8.02. The van der Waals surface area contributed by atoms with Crippen LogP contribution in [0, 0.1) is 11.8 Å². The summed E-state index contributed by atoms with van der Waals surface area (Å²) in [7, 11) is 0. The lowest BCUT2D eigenvalue weighted by atomic mass is 9.66. The Balaban J connectivity index is 1.74. The van der Waals surface area contributed by atoms with E-state index in [0.717, 1.165) is 18.4 Å². The van der Waals surface area contributed by atoms with Crippen molar-refractivity contribution in [2.24, 2.45) is 11.8 Å². The summed E-state index contributed by atoms with van der Waals surface area (Å²) in [6, 6.07) is 9.13. The van der Waals surface area contributed by atoms with Gasteiger partial charge < -0.3 is 19.8 Å². The molecule has 7 nitrogen and oxygen atoms in total. The fourth-order valence-corrected chi connectivity index (χ4v) is 9.19. The van der Waals surface area contributed by atoms with Crippen molar-refractivity contribution >= 4 is 29.5 Å². The summed E-state index contributed by atoms with van der Waals surface area (Å²) in [5.41, 5.74) is 1.01. The van der Waals surface area contributed by atoms with E-state index in [0.29, 0.717) is 45.6 Å². The minimum absolute atomic E-state index is 0.0101. The van der Waals surface area contributed by atoms with Gasteiger partial charge in [0, 0.05) is 44.1 Å². The van der Waals surface area contributed by atoms with Crippen molar-refractivity contribution in [1.29, 1.82) is 0 Å². The summed E-state index contributed by atoms with van der Waals surface area (Å²) in [4.78, 5) is 47.9. The molecular formula is C30H41N3O4S. The Morgan fingerprint density at radius 3 is 2.45 bits per heavy atom. The Morgan fingerprint density at radius 2 is 1.82 bits per heavy atom. The normalized spacial score (nSPS) is 29.3. The van der Waals surface area contributed by atoms with Gasteiger partial charge in [0.2, 0.25) is 17.7 Å². The van der Waals surface area contributed by atoms with Gasteiger partial charge in [-0.2, -0.15) is 0 Å². The lowest BCUT2D eigenvalue weighted by Gasteiger charge is -2.38. The maximum absolute atomic E-state index is 14.4. The summed E-state index contributed by atoms with van der Waals surface area (Å²) in [6.45, 7) is 13.9. The topological polar surface area (TPSA) is 81.2 Å². The molecule has 1 aromatic rings. The second-order valence-corrected chi connectivity index (χ2v) is 12.8. The number of rotatable bonds is 13. The highest BCUT2D eigenvalue weighted by Crippen LogP contribution is 2.71. The van der Waals surface area contributed by atoms with Gasteiger partial charge in [0.15, 0.2) is 0 Å². The lowest BCUT2D eigenvalue weighted by Crippen LogP contribution is -2.55. The first-order valence-electron chi connectivity index (χ1n) is 13.7. The van der Waals surface area contributed by atoms with Crippen LogP contribution in [0.5, 0.6) is 0 Å². The van der Waals surface area contributed by atoms with Crippen molar-refractivity contribution in [1.82, 2.24) is 14.7 Å². The summed E-state index contributed by atoms with van der Waals surface area (Å²) in [5, 5.41) is 9.61. The first kappa shape index (κ1) is 28.4. The minimum atomic E-state index is -0.682. The molecule has 0 aliphatic carbocycles. The number of fused-ring (bicyclic) bond motifs is 1. The van der Waals surface area contributed by atoms with Gasteiger partial charge in [-0.25, -0.2) is 0 Å². The fraction of sp³-hybridized carbons (Fsp3) is 0.567. The third kappa shape index (κ3) is 4.81. The Bertz CT molecular complexity index is 1060. The molecule has 1 aromatic carbocycles. The van der Waals surface area contributed by atoms with Crippen molar-refractivity contribution in [3.8, 4) is 0 Å². The number of hydrogen-bond acceptors (Lipinski definition) is 5. The maximum atomic E-state index is 14.4. The number of benzene rings is 1. The SMILES string of the molecule is C=CCN(Cc1ccccc1)C(=O)C1N(CCCO)C(=O)[C@@H]2[C@H](C(=O)N(CC=C)CCC)[C@]3(C)CCC12S3. The van der Waals surface area contributed by atoms with Gasteiger partial charge >= 0.3 is 0 Å². The van der Waals surface area contributed by atoms with Gasteiger partial charge in [-0.15, -0.1) is 24.9 Å². The van der Waals surface area contributed by atoms with E-state index in [-0.39, 0.29) is 24.3 Å². The van der Waals surface area contributed by atoms with E-state index in [1.165, 1.54) is 0 Å². The average Bonchev–Trinajstić information content (AvgIpc) is 3.47. The fourth-order valence-electron chi connectivity index (χ4n) is 6.84. The number of likely N-dealkylation sites (tertiary alicyclic amines) is 1. The molecule has 2 bridgehead atoms. The monoisotopic (exact) mass is 539 g/mol. The van der Waals surface area contributed by atoms with Gasteiger partial charge in [-0.3, -0.25) is 14.4 Å². The zero-order valence-electron chi connectivity index (χ0n) is 22.7.